The van der Waals surface area contributed by atoms with Crippen LogP contribution >= 0.6 is 23.8 Å². The lowest BCUT2D eigenvalue weighted by Gasteiger charge is -2.08. The molecule has 2 aromatic rings. The number of halogens is 1. The van der Waals surface area contributed by atoms with Crippen LogP contribution in [0.2, 0.25) is 5.02 Å². The molecule has 114 valence electrons. The molecule has 0 spiro atoms. The Balaban J connectivity index is 1.98. The third kappa shape index (κ3) is 4.09. The van der Waals surface area contributed by atoms with Crippen LogP contribution in [0.3, 0.4) is 0 Å². The summed E-state index contributed by atoms with van der Waals surface area (Å²) in [6.45, 7) is 0. The van der Waals surface area contributed by atoms with E-state index >= 15 is 0 Å². The van der Waals surface area contributed by atoms with Crippen molar-refractivity contribution in [2.75, 3.05) is 12.4 Å². The van der Waals surface area contributed by atoms with Gasteiger partial charge in [-0.25, -0.2) is 0 Å². The summed E-state index contributed by atoms with van der Waals surface area (Å²) in [5.41, 5.74) is 4.07. The molecule has 0 unspecified atom stereocenters. The number of para-hydroxylation sites is 1. The van der Waals surface area contributed by atoms with Crippen LogP contribution in [0, 0.1) is 0 Å². The number of nitrogens with zero attached hydrogens (tertiary/aromatic N) is 1. The van der Waals surface area contributed by atoms with E-state index in [1.807, 2.05) is 30.3 Å². The molecule has 0 amide bonds. The minimum absolute atomic E-state index is 0.127. The van der Waals surface area contributed by atoms with E-state index in [0.717, 1.165) is 5.69 Å². The topological polar surface area (TPSA) is 65.9 Å². The van der Waals surface area contributed by atoms with Crippen molar-refractivity contribution < 1.29 is 9.84 Å². The van der Waals surface area contributed by atoms with E-state index in [1.165, 1.54) is 13.3 Å². The number of benzene rings is 2. The summed E-state index contributed by atoms with van der Waals surface area (Å²) in [5, 5.41) is 17.3. The number of aromatic hydroxyl groups is 1. The molecule has 22 heavy (non-hydrogen) atoms. The predicted octanol–water partition coefficient (Wildman–Crippen LogP) is 3.37. The van der Waals surface area contributed by atoms with Gasteiger partial charge in [-0.3, -0.25) is 5.43 Å². The normalized spacial score (nSPS) is 10.5. The van der Waals surface area contributed by atoms with E-state index in [-0.39, 0.29) is 10.8 Å². The highest BCUT2D eigenvalue weighted by atomic mass is 35.5. The molecule has 5 nitrogen and oxygen atoms in total. The van der Waals surface area contributed by atoms with E-state index < -0.39 is 0 Å². The number of ether oxygens (including phenoxy) is 1. The summed E-state index contributed by atoms with van der Waals surface area (Å²) in [4.78, 5) is 0. The number of phenolic OH excluding ortho intramolecular Hbond substituents is 1. The number of hydrazone groups is 1. The largest absolute Gasteiger partial charge is 0.503 e. The van der Waals surface area contributed by atoms with E-state index in [9.17, 15) is 5.11 Å². The van der Waals surface area contributed by atoms with Crippen LogP contribution in [0.25, 0.3) is 0 Å². The highest BCUT2D eigenvalue weighted by Crippen LogP contribution is 2.35. The minimum atomic E-state index is -0.127. The van der Waals surface area contributed by atoms with Gasteiger partial charge < -0.3 is 15.2 Å². The third-order valence-corrected chi connectivity index (χ3v) is 3.32. The van der Waals surface area contributed by atoms with Gasteiger partial charge in [0, 0.05) is 11.3 Å². The van der Waals surface area contributed by atoms with Crippen molar-refractivity contribution in [1.29, 1.82) is 0 Å². The molecule has 0 aliphatic rings. The number of hydrogen-bond acceptors (Lipinski definition) is 4. The van der Waals surface area contributed by atoms with Crippen LogP contribution < -0.4 is 15.5 Å². The molecule has 3 N–H and O–H groups in total. The first kappa shape index (κ1) is 16.1. The predicted molar refractivity (Wildman–Crippen MR) is 93.1 cm³/mol. The number of methoxy groups -OCH3 is 1. The van der Waals surface area contributed by atoms with E-state index in [4.69, 9.17) is 28.6 Å². The molecule has 0 bridgehead atoms. The maximum Gasteiger partial charge on any atom is 0.191 e. The molecule has 2 rings (SSSR count). The number of phenols is 1. The van der Waals surface area contributed by atoms with Gasteiger partial charge in [-0.2, -0.15) is 5.10 Å². The van der Waals surface area contributed by atoms with Crippen LogP contribution in [-0.2, 0) is 0 Å². The van der Waals surface area contributed by atoms with Gasteiger partial charge >= 0.3 is 0 Å². The molecular formula is C15H14ClN3O2S. The van der Waals surface area contributed by atoms with Crippen LogP contribution in [0.15, 0.2) is 47.6 Å². The Bertz CT molecular complexity index is 693. The fourth-order valence-electron chi connectivity index (χ4n) is 1.67. The quantitative estimate of drug-likeness (QED) is 0.454. The van der Waals surface area contributed by atoms with Crippen LogP contribution in [0.5, 0.6) is 11.5 Å². The lowest BCUT2D eigenvalue weighted by molar-refractivity contribution is 0.373. The van der Waals surface area contributed by atoms with E-state index in [2.05, 4.69) is 15.8 Å². The van der Waals surface area contributed by atoms with Gasteiger partial charge in [0.05, 0.1) is 18.3 Å². The van der Waals surface area contributed by atoms with Crippen molar-refractivity contribution >= 4 is 40.8 Å². The van der Waals surface area contributed by atoms with Gasteiger partial charge in [-0.1, -0.05) is 29.8 Å². The zero-order chi connectivity index (χ0) is 15.9. The molecule has 0 saturated heterocycles. The molecule has 0 radical (unpaired) electrons. The van der Waals surface area contributed by atoms with E-state index in [0.29, 0.717) is 16.4 Å². The van der Waals surface area contributed by atoms with Gasteiger partial charge in [0.25, 0.3) is 0 Å². The molecular weight excluding hydrogens is 322 g/mol. The summed E-state index contributed by atoms with van der Waals surface area (Å²) in [7, 11) is 1.45. The number of anilines is 1. The molecule has 7 heteroatoms. The number of thiocarbonyl (C=S) groups is 1. The SMILES string of the molecule is COc1ccc(/C=N/NC(=S)Nc2ccccc2)c(Cl)c1O. The van der Waals surface area contributed by atoms with Crippen molar-refractivity contribution in [3.63, 3.8) is 0 Å². The lowest BCUT2D eigenvalue weighted by atomic mass is 10.2. The second kappa shape index (κ2) is 7.63. The number of hydrogen-bond donors (Lipinski definition) is 3. The van der Waals surface area contributed by atoms with Crippen LogP contribution in [-0.4, -0.2) is 23.5 Å². The first-order chi connectivity index (χ1) is 10.6. The van der Waals surface area contributed by atoms with Crippen LogP contribution in [0.4, 0.5) is 5.69 Å². The molecule has 0 atom stereocenters. The van der Waals surface area contributed by atoms with Crippen LogP contribution in [0.1, 0.15) is 5.56 Å². The molecule has 0 heterocycles. The maximum absolute atomic E-state index is 9.80. The second-order valence-corrected chi connectivity index (χ2v) is 5.00. The van der Waals surface area contributed by atoms with Gasteiger partial charge in [0.15, 0.2) is 16.6 Å². The van der Waals surface area contributed by atoms with E-state index in [1.54, 1.807) is 12.1 Å². The zero-order valence-corrected chi connectivity index (χ0v) is 13.3. The average Bonchev–Trinajstić information content (AvgIpc) is 2.52. The summed E-state index contributed by atoms with van der Waals surface area (Å²) < 4.78 is 4.96. The molecule has 0 aromatic heterocycles. The van der Waals surface area contributed by atoms with Crippen molar-refractivity contribution in [1.82, 2.24) is 5.43 Å². The summed E-state index contributed by atoms with van der Waals surface area (Å²) in [6, 6.07) is 12.8. The number of nitrogens with one attached hydrogen (secondary N) is 2. The molecule has 0 aliphatic heterocycles. The molecule has 0 saturated carbocycles. The highest BCUT2D eigenvalue weighted by Gasteiger charge is 2.09. The Labute approximate surface area is 138 Å². The van der Waals surface area contributed by atoms with Gasteiger partial charge in [0.2, 0.25) is 0 Å². The highest BCUT2D eigenvalue weighted by molar-refractivity contribution is 7.80. The first-order valence-corrected chi connectivity index (χ1v) is 7.11. The smallest absolute Gasteiger partial charge is 0.191 e. The third-order valence-electron chi connectivity index (χ3n) is 2.73. The van der Waals surface area contributed by atoms with Gasteiger partial charge in [-0.05, 0) is 36.5 Å². The van der Waals surface area contributed by atoms with Crippen molar-refractivity contribution in [3.8, 4) is 11.5 Å². The Morgan fingerprint density at radius 3 is 2.68 bits per heavy atom. The molecule has 0 aliphatic carbocycles. The fraction of sp³-hybridized carbons (Fsp3) is 0.0667. The molecule has 0 fully saturated rings. The standard InChI is InChI=1S/C15H14ClN3O2S/c1-21-12-8-7-10(13(16)14(12)20)9-17-19-15(22)18-11-5-3-2-4-6-11/h2-9,20H,1H3,(H2,18,19,22)/b17-9+. The van der Waals surface area contributed by atoms with Gasteiger partial charge in [-0.15, -0.1) is 0 Å². The molecule has 2 aromatic carbocycles. The lowest BCUT2D eigenvalue weighted by Crippen LogP contribution is -2.23. The Morgan fingerprint density at radius 1 is 1.27 bits per heavy atom. The van der Waals surface area contributed by atoms with Crippen molar-refractivity contribution in [2.24, 2.45) is 5.10 Å². The second-order valence-electron chi connectivity index (χ2n) is 4.21. The van der Waals surface area contributed by atoms with Gasteiger partial charge in [0.1, 0.15) is 0 Å². The van der Waals surface area contributed by atoms with Crippen molar-refractivity contribution in [3.05, 3.63) is 53.1 Å². The van der Waals surface area contributed by atoms with Crippen molar-refractivity contribution in [2.45, 2.75) is 0 Å². The summed E-state index contributed by atoms with van der Waals surface area (Å²) in [6.07, 6.45) is 1.46. The Kier molecular flexibility index (Phi) is 5.57. The summed E-state index contributed by atoms with van der Waals surface area (Å²) in [5.74, 6) is 0.175. The average molecular weight is 336 g/mol. The monoisotopic (exact) mass is 335 g/mol. The zero-order valence-electron chi connectivity index (χ0n) is 11.7. The summed E-state index contributed by atoms with van der Waals surface area (Å²) >= 11 is 11.1. The first-order valence-electron chi connectivity index (χ1n) is 6.32. The maximum atomic E-state index is 9.80. The Hall–Kier alpha value is -2.31. The fourth-order valence-corrected chi connectivity index (χ4v) is 2.04. The Morgan fingerprint density at radius 2 is 2.00 bits per heavy atom. The minimum Gasteiger partial charge on any atom is -0.503 e. The number of rotatable bonds is 4.